The molecule has 0 aliphatic rings. The third-order valence-electron chi connectivity index (χ3n) is 4.12. The number of nitrogens with zero attached hydrogens (tertiary/aromatic N) is 1. The Bertz CT molecular complexity index is 893. The van der Waals surface area contributed by atoms with Gasteiger partial charge >= 0.3 is 0 Å². The largest absolute Gasteiger partial charge is 0.346 e. The fourth-order valence-corrected chi connectivity index (χ4v) is 3.77. The predicted octanol–water partition coefficient (Wildman–Crippen LogP) is 4.08. The maximum Gasteiger partial charge on any atom is 0.221 e. The zero-order chi connectivity index (χ0) is 18.0. The number of amides is 1. The summed E-state index contributed by atoms with van der Waals surface area (Å²) >= 11 is 1.61. The Morgan fingerprint density at radius 2 is 2.00 bits per heavy atom. The van der Waals surface area contributed by atoms with Crippen LogP contribution in [0.25, 0.3) is 11.0 Å². The zero-order valence-electron chi connectivity index (χ0n) is 14.6. The molecule has 0 fully saturated rings. The number of benzene rings is 1. The molecule has 6 heteroatoms. The third kappa shape index (κ3) is 3.96. The molecule has 0 saturated heterocycles. The minimum atomic E-state index is -0.236. The highest BCUT2D eigenvalue weighted by Crippen LogP contribution is 2.22. The Balaban J connectivity index is 1.56. The van der Waals surface area contributed by atoms with Gasteiger partial charge in [0.05, 0.1) is 17.1 Å². The highest BCUT2D eigenvalue weighted by Gasteiger charge is 2.16. The molecule has 1 amide bonds. The molecule has 1 aromatic carbocycles. The predicted molar refractivity (Wildman–Crippen MR) is 100 cm³/mol. The van der Waals surface area contributed by atoms with Crippen molar-refractivity contribution in [1.29, 1.82) is 0 Å². The fourth-order valence-electron chi connectivity index (χ4n) is 2.83. The Kier molecular flexibility index (Phi) is 4.99. The second kappa shape index (κ2) is 7.19. The molecular weight excluding hydrogens is 334 g/mol. The van der Waals surface area contributed by atoms with Crippen molar-refractivity contribution < 1.29 is 9.59 Å². The number of hydrogen-bond acceptors (Lipinski definition) is 4. The minimum absolute atomic E-state index is 0.0217. The molecule has 3 aromatic rings. The summed E-state index contributed by atoms with van der Waals surface area (Å²) in [4.78, 5) is 34.3. The monoisotopic (exact) mass is 355 g/mol. The van der Waals surface area contributed by atoms with Crippen LogP contribution in [0.2, 0.25) is 0 Å². The van der Waals surface area contributed by atoms with Crippen LogP contribution in [0.5, 0.6) is 0 Å². The lowest BCUT2D eigenvalue weighted by Gasteiger charge is -2.11. The highest BCUT2D eigenvalue weighted by molar-refractivity contribution is 7.12. The van der Waals surface area contributed by atoms with Gasteiger partial charge in [0.2, 0.25) is 5.91 Å². The molecule has 0 spiro atoms. The molecule has 2 aromatic heterocycles. The second-order valence-corrected chi connectivity index (χ2v) is 7.64. The maximum absolute atomic E-state index is 12.3. The molecule has 25 heavy (non-hydrogen) atoms. The topological polar surface area (TPSA) is 74.8 Å². The molecule has 5 nitrogen and oxygen atoms in total. The highest BCUT2D eigenvalue weighted by atomic mass is 32.1. The van der Waals surface area contributed by atoms with Crippen LogP contribution in [0.4, 0.5) is 0 Å². The van der Waals surface area contributed by atoms with Crippen LogP contribution in [0, 0.1) is 13.8 Å². The van der Waals surface area contributed by atoms with Gasteiger partial charge in [-0.15, -0.1) is 11.3 Å². The Labute approximate surface area is 150 Å². The average Bonchev–Trinajstić information content (AvgIpc) is 3.15. The normalized spacial score (nSPS) is 12.3. The number of hydrogen-bond donors (Lipinski definition) is 2. The number of fused-ring (bicyclic) bond motifs is 1. The van der Waals surface area contributed by atoms with Crippen LogP contribution in [0.3, 0.4) is 0 Å². The van der Waals surface area contributed by atoms with Gasteiger partial charge in [0.15, 0.2) is 5.78 Å². The molecule has 0 saturated carbocycles. The van der Waals surface area contributed by atoms with Gasteiger partial charge in [-0.2, -0.15) is 0 Å². The molecule has 0 radical (unpaired) electrons. The lowest BCUT2D eigenvalue weighted by atomic mass is 10.1. The van der Waals surface area contributed by atoms with Crippen LogP contribution in [0.1, 0.15) is 51.7 Å². The van der Waals surface area contributed by atoms with Gasteiger partial charge < -0.3 is 10.3 Å². The maximum atomic E-state index is 12.3. The van der Waals surface area contributed by atoms with E-state index in [2.05, 4.69) is 15.3 Å². The van der Waals surface area contributed by atoms with Gasteiger partial charge in [-0.3, -0.25) is 9.59 Å². The van der Waals surface area contributed by atoms with E-state index in [4.69, 9.17) is 0 Å². The van der Waals surface area contributed by atoms with E-state index in [1.165, 1.54) is 0 Å². The summed E-state index contributed by atoms with van der Waals surface area (Å²) in [5.74, 6) is 0.587. The number of aryl methyl sites for hydroxylation is 2. The standard InChI is InChI=1S/C19H21N3O2S/c1-11-10-14(13(3)25-11)17(23)8-9-18(24)20-12(2)19-21-15-6-4-5-7-16(15)22-19/h4-7,10,12H,8-9H2,1-3H3,(H,20,24)(H,21,22)/t12-/m0/s1. The Morgan fingerprint density at radius 1 is 1.24 bits per heavy atom. The van der Waals surface area contributed by atoms with Gasteiger partial charge in [0, 0.05) is 28.2 Å². The average molecular weight is 355 g/mol. The summed E-state index contributed by atoms with van der Waals surface area (Å²) in [5, 5.41) is 2.90. The van der Waals surface area contributed by atoms with E-state index in [-0.39, 0.29) is 30.6 Å². The smallest absolute Gasteiger partial charge is 0.221 e. The molecule has 1 atom stereocenters. The molecular formula is C19H21N3O2S. The van der Waals surface area contributed by atoms with Crippen molar-refractivity contribution in [3.8, 4) is 0 Å². The number of carbonyl (C=O) groups excluding carboxylic acids is 2. The second-order valence-electron chi connectivity index (χ2n) is 6.18. The SMILES string of the molecule is Cc1cc(C(=O)CCC(=O)N[C@@H](C)c2nc3ccccc3[nH]2)c(C)s1. The summed E-state index contributed by atoms with van der Waals surface area (Å²) in [6, 6.07) is 9.40. The number of para-hydroxylation sites is 2. The van der Waals surface area contributed by atoms with E-state index in [9.17, 15) is 9.59 Å². The van der Waals surface area contributed by atoms with E-state index in [0.717, 1.165) is 26.4 Å². The van der Waals surface area contributed by atoms with Gasteiger partial charge in [-0.05, 0) is 39.0 Å². The van der Waals surface area contributed by atoms with E-state index >= 15 is 0 Å². The van der Waals surface area contributed by atoms with E-state index < -0.39 is 0 Å². The van der Waals surface area contributed by atoms with Crippen molar-refractivity contribution in [2.24, 2.45) is 0 Å². The van der Waals surface area contributed by atoms with Gasteiger partial charge in [-0.1, -0.05) is 12.1 Å². The first-order valence-corrected chi connectivity index (χ1v) is 9.10. The van der Waals surface area contributed by atoms with E-state index in [0.29, 0.717) is 5.82 Å². The summed E-state index contributed by atoms with van der Waals surface area (Å²) < 4.78 is 0. The summed E-state index contributed by atoms with van der Waals surface area (Å²) in [7, 11) is 0. The lowest BCUT2D eigenvalue weighted by molar-refractivity contribution is -0.121. The summed E-state index contributed by atoms with van der Waals surface area (Å²) in [5.41, 5.74) is 2.55. The van der Waals surface area contributed by atoms with E-state index in [1.807, 2.05) is 51.1 Å². The van der Waals surface area contributed by atoms with Crippen LogP contribution in [0.15, 0.2) is 30.3 Å². The molecule has 2 N–H and O–H groups in total. The van der Waals surface area contributed by atoms with E-state index in [1.54, 1.807) is 11.3 Å². The molecule has 0 bridgehead atoms. The molecule has 130 valence electrons. The molecule has 0 unspecified atom stereocenters. The minimum Gasteiger partial charge on any atom is -0.346 e. The number of aromatic amines is 1. The molecule has 2 heterocycles. The van der Waals surface area contributed by atoms with Crippen molar-refractivity contribution in [2.75, 3.05) is 0 Å². The van der Waals surface area contributed by atoms with Gasteiger partial charge in [0.1, 0.15) is 5.82 Å². The number of nitrogens with one attached hydrogen (secondary N) is 2. The molecule has 0 aliphatic carbocycles. The summed E-state index contributed by atoms with van der Waals surface area (Å²) in [6.07, 6.45) is 0.396. The van der Waals surface area contributed by atoms with Crippen LogP contribution >= 0.6 is 11.3 Å². The number of aromatic nitrogens is 2. The van der Waals surface area contributed by atoms with Gasteiger partial charge in [0.25, 0.3) is 0 Å². The van der Waals surface area contributed by atoms with Crippen molar-refractivity contribution in [1.82, 2.24) is 15.3 Å². The Hall–Kier alpha value is -2.47. The quantitative estimate of drug-likeness (QED) is 0.654. The first kappa shape index (κ1) is 17.4. The number of imidazole rings is 1. The van der Waals surface area contributed by atoms with Crippen LogP contribution in [-0.4, -0.2) is 21.7 Å². The number of thiophene rings is 1. The number of rotatable bonds is 6. The zero-order valence-corrected chi connectivity index (χ0v) is 15.4. The number of Topliss-reactive ketones (excluding diaryl/α,β-unsaturated/α-hetero) is 1. The van der Waals surface area contributed by atoms with Crippen molar-refractivity contribution >= 4 is 34.1 Å². The Morgan fingerprint density at radius 3 is 2.68 bits per heavy atom. The van der Waals surface area contributed by atoms with Crippen molar-refractivity contribution in [3.05, 3.63) is 51.5 Å². The first-order valence-electron chi connectivity index (χ1n) is 8.28. The first-order chi connectivity index (χ1) is 11.9. The fraction of sp³-hybridized carbons (Fsp3) is 0.316. The third-order valence-corrected chi connectivity index (χ3v) is 5.08. The number of H-pyrrole nitrogens is 1. The number of ketones is 1. The molecule has 0 aliphatic heterocycles. The van der Waals surface area contributed by atoms with Crippen molar-refractivity contribution in [3.63, 3.8) is 0 Å². The van der Waals surface area contributed by atoms with Gasteiger partial charge in [-0.25, -0.2) is 4.98 Å². The lowest BCUT2D eigenvalue weighted by Crippen LogP contribution is -2.27. The van der Waals surface area contributed by atoms with Crippen LogP contribution in [-0.2, 0) is 4.79 Å². The van der Waals surface area contributed by atoms with Crippen LogP contribution < -0.4 is 5.32 Å². The summed E-state index contributed by atoms with van der Waals surface area (Å²) in [6.45, 7) is 5.80. The van der Waals surface area contributed by atoms with Crippen molar-refractivity contribution in [2.45, 2.75) is 39.7 Å². The molecule has 3 rings (SSSR count). The number of carbonyl (C=O) groups is 2.